The molecule has 0 saturated carbocycles. The normalized spacial score (nSPS) is 13.9. The van der Waals surface area contributed by atoms with Crippen molar-refractivity contribution >= 4 is 34.8 Å². The predicted octanol–water partition coefficient (Wildman–Crippen LogP) is 7.09. The molecule has 37 heavy (non-hydrogen) atoms. The Morgan fingerprint density at radius 1 is 0.676 bits per heavy atom. The van der Waals surface area contributed by atoms with Gasteiger partial charge in [-0.15, -0.1) is 0 Å². The van der Waals surface area contributed by atoms with Crippen molar-refractivity contribution in [2.24, 2.45) is 0 Å². The summed E-state index contributed by atoms with van der Waals surface area (Å²) in [5.74, 6) is -1.11. The maximum Gasteiger partial charge on any atom is 0.254 e. The molecule has 4 rings (SSSR count). The van der Waals surface area contributed by atoms with Crippen LogP contribution in [0, 0.1) is 27.7 Å². The lowest BCUT2D eigenvalue weighted by molar-refractivity contribution is -0.113. The SMILES string of the molecule is CC1=C(C(=O)Nc2cc(C)ccc2C)C(c2ccc(Cl)cc2)C(C(=O)Nc2cc(C)ccc2C)=C(C)N1. The standard InChI is InChI=1S/C31H32ClN3O2/c1-17-7-9-19(3)25(15-17)34-30(36)27-21(5)33-22(6)28(29(27)23-11-13-24(32)14-12-23)31(37)35-26-16-18(2)8-10-20(26)4/h7-16,29,33H,1-6H3,(H,34,36)(H,35,37). The molecule has 190 valence electrons. The molecule has 0 fully saturated rings. The van der Waals surface area contributed by atoms with Crippen LogP contribution in [0.1, 0.15) is 47.6 Å². The van der Waals surface area contributed by atoms with Crippen molar-refractivity contribution in [2.75, 3.05) is 10.6 Å². The van der Waals surface area contributed by atoms with Crippen LogP contribution in [-0.2, 0) is 9.59 Å². The van der Waals surface area contributed by atoms with Crippen molar-refractivity contribution in [1.82, 2.24) is 5.32 Å². The van der Waals surface area contributed by atoms with Gasteiger partial charge in [0.05, 0.1) is 0 Å². The quantitative estimate of drug-likeness (QED) is 0.341. The molecule has 0 atom stereocenters. The summed E-state index contributed by atoms with van der Waals surface area (Å²) in [6.07, 6.45) is 0. The highest BCUT2D eigenvalue weighted by molar-refractivity contribution is 6.30. The van der Waals surface area contributed by atoms with E-state index >= 15 is 0 Å². The monoisotopic (exact) mass is 513 g/mol. The van der Waals surface area contributed by atoms with Gasteiger partial charge >= 0.3 is 0 Å². The molecule has 0 bridgehead atoms. The number of hydrogen-bond donors (Lipinski definition) is 3. The molecule has 3 aromatic carbocycles. The van der Waals surface area contributed by atoms with Crippen LogP contribution in [0.5, 0.6) is 0 Å². The summed E-state index contributed by atoms with van der Waals surface area (Å²) in [5, 5.41) is 10.0. The molecule has 1 aliphatic rings. The first-order valence-electron chi connectivity index (χ1n) is 12.3. The molecule has 3 N–H and O–H groups in total. The number of carbonyl (C=O) groups excluding carboxylic acids is 2. The first-order valence-corrected chi connectivity index (χ1v) is 12.6. The summed E-state index contributed by atoms with van der Waals surface area (Å²) in [7, 11) is 0. The number of aryl methyl sites for hydroxylation is 4. The zero-order valence-corrected chi connectivity index (χ0v) is 22.8. The number of benzene rings is 3. The van der Waals surface area contributed by atoms with Gasteiger partial charge in [0.1, 0.15) is 0 Å². The smallest absolute Gasteiger partial charge is 0.254 e. The van der Waals surface area contributed by atoms with Crippen LogP contribution in [0.4, 0.5) is 11.4 Å². The van der Waals surface area contributed by atoms with Crippen molar-refractivity contribution in [1.29, 1.82) is 0 Å². The fourth-order valence-electron chi connectivity index (χ4n) is 4.70. The number of amides is 2. The Bertz CT molecular complexity index is 1360. The summed E-state index contributed by atoms with van der Waals surface area (Å²) in [6, 6.07) is 19.2. The minimum Gasteiger partial charge on any atom is -0.362 e. The number of dihydropyridines is 1. The molecule has 0 unspecified atom stereocenters. The number of carbonyl (C=O) groups is 2. The molecule has 0 aromatic heterocycles. The molecule has 5 nitrogen and oxygen atoms in total. The number of hydrogen-bond acceptors (Lipinski definition) is 3. The molecular formula is C31H32ClN3O2. The number of anilines is 2. The van der Waals surface area contributed by atoms with Crippen molar-refractivity contribution in [3.8, 4) is 0 Å². The van der Waals surface area contributed by atoms with Crippen LogP contribution in [0.2, 0.25) is 5.02 Å². The molecular weight excluding hydrogens is 482 g/mol. The van der Waals surface area contributed by atoms with Crippen LogP contribution in [-0.4, -0.2) is 11.8 Å². The number of rotatable bonds is 5. The average molecular weight is 514 g/mol. The Kier molecular flexibility index (Phi) is 7.55. The molecule has 1 aliphatic heterocycles. The molecule has 0 radical (unpaired) electrons. The van der Waals surface area contributed by atoms with Gasteiger partial charge in [-0.25, -0.2) is 0 Å². The second-order valence-corrected chi connectivity index (χ2v) is 10.2. The van der Waals surface area contributed by atoms with Crippen LogP contribution in [0.3, 0.4) is 0 Å². The van der Waals surface area contributed by atoms with E-state index in [2.05, 4.69) is 16.0 Å². The van der Waals surface area contributed by atoms with E-state index in [9.17, 15) is 9.59 Å². The predicted molar refractivity (Wildman–Crippen MR) is 152 cm³/mol. The lowest BCUT2D eigenvalue weighted by atomic mass is 9.79. The van der Waals surface area contributed by atoms with Crippen molar-refractivity contribution < 1.29 is 9.59 Å². The van der Waals surface area contributed by atoms with Crippen LogP contribution < -0.4 is 16.0 Å². The Balaban J connectivity index is 1.78. The summed E-state index contributed by atoms with van der Waals surface area (Å²) in [5.41, 5.74) is 8.68. The third-order valence-electron chi connectivity index (χ3n) is 6.74. The number of nitrogens with one attached hydrogen (secondary N) is 3. The molecule has 1 heterocycles. The summed E-state index contributed by atoms with van der Waals surface area (Å²) in [4.78, 5) is 27.7. The minimum atomic E-state index is -0.589. The fraction of sp³-hybridized carbons (Fsp3) is 0.226. The van der Waals surface area contributed by atoms with Gasteiger partial charge in [0.15, 0.2) is 0 Å². The number of halogens is 1. The van der Waals surface area contributed by atoms with E-state index in [4.69, 9.17) is 11.6 Å². The summed E-state index contributed by atoms with van der Waals surface area (Å²) >= 11 is 6.19. The third kappa shape index (κ3) is 5.62. The largest absolute Gasteiger partial charge is 0.362 e. The maximum absolute atomic E-state index is 13.8. The van der Waals surface area contributed by atoms with Gasteiger partial charge in [-0.2, -0.15) is 0 Å². The average Bonchev–Trinajstić information content (AvgIpc) is 2.83. The van der Waals surface area contributed by atoms with E-state index in [1.165, 1.54) is 0 Å². The van der Waals surface area contributed by atoms with E-state index in [0.717, 1.165) is 39.2 Å². The van der Waals surface area contributed by atoms with Crippen molar-refractivity contribution in [3.63, 3.8) is 0 Å². The zero-order valence-electron chi connectivity index (χ0n) is 22.0. The van der Waals surface area contributed by atoms with Gasteiger partial charge in [-0.3, -0.25) is 9.59 Å². The van der Waals surface area contributed by atoms with Crippen LogP contribution in [0.25, 0.3) is 0 Å². The van der Waals surface area contributed by atoms with Gasteiger partial charge in [0.25, 0.3) is 11.8 Å². The topological polar surface area (TPSA) is 70.2 Å². The Hall–Kier alpha value is -3.83. The van der Waals surface area contributed by atoms with Gasteiger partial charge in [0, 0.05) is 44.9 Å². The molecule has 3 aromatic rings. The second-order valence-electron chi connectivity index (χ2n) is 9.73. The lowest BCUT2D eigenvalue weighted by Crippen LogP contribution is -2.35. The third-order valence-corrected chi connectivity index (χ3v) is 6.99. The van der Waals surface area contributed by atoms with E-state index < -0.39 is 5.92 Å². The maximum atomic E-state index is 13.8. The van der Waals surface area contributed by atoms with E-state index in [-0.39, 0.29) is 11.8 Å². The molecule has 2 amide bonds. The van der Waals surface area contributed by atoms with Gasteiger partial charge in [-0.05, 0) is 93.6 Å². The lowest BCUT2D eigenvalue weighted by Gasteiger charge is -2.31. The van der Waals surface area contributed by atoms with Gasteiger partial charge in [0.2, 0.25) is 0 Å². The molecule has 6 heteroatoms. The number of allylic oxidation sites excluding steroid dienone is 2. The van der Waals surface area contributed by atoms with Gasteiger partial charge < -0.3 is 16.0 Å². The van der Waals surface area contributed by atoms with E-state index in [1.807, 2.05) is 90.1 Å². The first kappa shape index (κ1) is 26.2. The van der Waals surface area contributed by atoms with E-state index in [0.29, 0.717) is 27.6 Å². The minimum absolute atomic E-state index is 0.261. The fourth-order valence-corrected chi connectivity index (χ4v) is 4.83. The summed E-state index contributed by atoms with van der Waals surface area (Å²) in [6.45, 7) is 11.6. The highest BCUT2D eigenvalue weighted by Gasteiger charge is 2.36. The Labute approximate surface area is 223 Å². The Morgan fingerprint density at radius 3 is 1.54 bits per heavy atom. The van der Waals surface area contributed by atoms with Crippen LogP contribution in [0.15, 0.2) is 83.2 Å². The zero-order chi connectivity index (χ0) is 26.9. The highest BCUT2D eigenvalue weighted by atomic mass is 35.5. The molecule has 0 saturated heterocycles. The first-order chi connectivity index (χ1) is 17.5. The Morgan fingerprint density at radius 2 is 1.11 bits per heavy atom. The molecule has 0 spiro atoms. The molecule has 0 aliphatic carbocycles. The van der Waals surface area contributed by atoms with Crippen molar-refractivity contribution in [3.05, 3.63) is 116 Å². The van der Waals surface area contributed by atoms with Crippen LogP contribution >= 0.6 is 11.6 Å². The van der Waals surface area contributed by atoms with Crippen molar-refractivity contribution in [2.45, 2.75) is 47.5 Å². The highest BCUT2D eigenvalue weighted by Crippen LogP contribution is 2.40. The summed E-state index contributed by atoms with van der Waals surface area (Å²) < 4.78 is 0. The van der Waals surface area contributed by atoms with Gasteiger partial charge in [-0.1, -0.05) is 48.0 Å². The van der Waals surface area contributed by atoms with E-state index in [1.54, 1.807) is 12.1 Å². The second kappa shape index (κ2) is 10.7.